The van der Waals surface area contributed by atoms with E-state index in [1.165, 1.54) is 41.0 Å². The lowest BCUT2D eigenvalue weighted by Gasteiger charge is -2.27. The molecule has 0 atom stereocenters. The molecule has 2 fully saturated rings. The van der Waals surface area contributed by atoms with Crippen LogP contribution in [0.2, 0.25) is 0 Å². The summed E-state index contributed by atoms with van der Waals surface area (Å²) in [7, 11) is 0. The summed E-state index contributed by atoms with van der Waals surface area (Å²) in [6.07, 6.45) is 5.55. The Kier molecular flexibility index (Phi) is 3.54. The fourth-order valence-corrected chi connectivity index (χ4v) is 4.11. The van der Waals surface area contributed by atoms with Crippen LogP contribution in [0.3, 0.4) is 0 Å². The van der Waals surface area contributed by atoms with Gasteiger partial charge in [-0.25, -0.2) is 9.97 Å². The van der Waals surface area contributed by atoms with Gasteiger partial charge in [0.05, 0.1) is 5.39 Å². The number of hydrogen-bond donors (Lipinski definition) is 2. The number of nitrogens with zero attached hydrogens (tertiary/aromatic N) is 2. The van der Waals surface area contributed by atoms with Gasteiger partial charge in [-0.05, 0) is 25.3 Å². The van der Waals surface area contributed by atoms with Crippen LogP contribution in [0.4, 0.5) is 5.82 Å². The average molecular weight is 306 g/mol. The Morgan fingerprint density at radius 3 is 2.80 bits per heavy atom. The molecule has 20 heavy (non-hydrogen) atoms. The van der Waals surface area contributed by atoms with Crippen LogP contribution in [-0.4, -0.2) is 33.6 Å². The summed E-state index contributed by atoms with van der Waals surface area (Å²) in [5, 5.41) is 8.34. The predicted molar refractivity (Wildman–Crippen MR) is 86.6 cm³/mol. The zero-order chi connectivity index (χ0) is 13.4. The van der Waals surface area contributed by atoms with Gasteiger partial charge in [-0.1, -0.05) is 0 Å². The fourth-order valence-electron chi connectivity index (χ4n) is 2.45. The van der Waals surface area contributed by atoms with Gasteiger partial charge in [0.15, 0.2) is 0 Å². The highest BCUT2D eigenvalue weighted by atomic mass is 32.2. The Labute approximate surface area is 126 Å². The Morgan fingerprint density at radius 1 is 1.20 bits per heavy atom. The third kappa shape index (κ3) is 2.52. The molecule has 0 spiro atoms. The molecule has 2 aliphatic rings. The van der Waals surface area contributed by atoms with Crippen molar-refractivity contribution in [3.05, 3.63) is 17.3 Å². The van der Waals surface area contributed by atoms with Crippen LogP contribution in [0.5, 0.6) is 0 Å². The quantitative estimate of drug-likeness (QED) is 0.889. The Hall–Kier alpha value is -0.850. The maximum Gasteiger partial charge on any atom is 0.138 e. The van der Waals surface area contributed by atoms with Crippen LogP contribution in [0, 0.1) is 0 Å². The average Bonchev–Trinajstić information content (AvgIpc) is 2.75. The van der Waals surface area contributed by atoms with E-state index < -0.39 is 0 Å². The first-order chi connectivity index (χ1) is 9.88. The second kappa shape index (κ2) is 5.50. The third-order valence-corrected chi connectivity index (χ3v) is 6.35. The molecule has 1 aliphatic heterocycles. The van der Waals surface area contributed by atoms with Gasteiger partial charge < -0.3 is 10.6 Å². The molecule has 0 radical (unpaired) electrons. The molecular formula is C14H18N4S2. The van der Waals surface area contributed by atoms with E-state index in [4.69, 9.17) is 0 Å². The lowest BCUT2D eigenvalue weighted by atomic mass is 9.93. The minimum absolute atomic E-state index is 0.613. The second-order valence-electron chi connectivity index (χ2n) is 5.54. The SMILES string of the molecule is c1nc(NC2CCC2)c2cc(CNC3CSC3)sc2n1. The van der Waals surface area contributed by atoms with Crippen molar-refractivity contribution in [2.24, 2.45) is 0 Å². The highest BCUT2D eigenvalue weighted by Gasteiger charge is 2.20. The van der Waals surface area contributed by atoms with E-state index in [9.17, 15) is 0 Å². The van der Waals surface area contributed by atoms with Gasteiger partial charge in [0.2, 0.25) is 0 Å². The molecule has 106 valence electrons. The number of aromatic nitrogens is 2. The Bertz CT molecular complexity index is 604. The van der Waals surface area contributed by atoms with Crippen LogP contribution >= 0.6 is 23.1 Å². The zero-order valence-electron chi connectivity index (χ0n) is 11.3. The minimum atomic E-state index is 0.613. The number of hydrogen-bond acceptors (Lipinski definition) is 6. The lowest BCUT2D eigenvalue weighted by Crippen LogP contribution is -2.39. The monoisotopic (exact) mass is 306 g/mol. The van der Waals surface area contributed by atoms with Crippen molar-refractivity contribution in [3.63, 3.8) is 0 Å². The molecule has 1 saturated heterocycles. The summed E-state index contributed by atoms with van der Waals surface area (Å²) in [4.78, 5) is 11.3. The first-order valence-corrected chi connectivity index (χ1v) is 9.17. The van der Waals surface area contributed by atoms with Gasteiger partial charge in [0.25, 0.3) is 0 Å². The predicted octanol–water partition coefficient (Wildman–Crippen LogP) is 2.86. The molecule has 6 heteroatoms. The maximum atomic E-state index is 4.43. The number of nitrogens with one attached hydrogen (secondary N) is 2. The van der Waals surface area contributed by atoms with Crippen LogP contribution in [0.25, 0.3) is 10.2 Å². The van der Waals surface area contributed by atoms with Crippen molar-refractivity contribution < 1.29 is 0 Å². The molecule has 1 aliphatic carbocycles. The number of fused-ring (bicyclic) bond motifs is 1. The lowest BCUT2D eigenvalue weighted by molar-refractivity contribution is 0.445. The van der Waals surface area contributed by atoms with E-state index in [-0.39, 0.29) is 0 Å². The molecule has 0 bridgehead atoms. The highest BCUT2D eigenvalue weighted by Crippen LogP contribution is 2.31. The third-order valence-electron chi connectivity index (χ3n) is 4.03. The first kappa shape index (κ1) is 12.9. The van der Waals surface area contributed by atoms with Crippen molar-refractivity contribution in [1.29, 1.82) is 0 Å². The first-order valence-electron chi connectivity index (χ1n) is 7.19. The summed E-state index contributed by atoms with van der Waals surface area (Å²) >= 11 is 3.79. The summed E-state index contributed by atoms with van der Waals surface area (Å²) in [6.45, 7) is 0.953. The van der Waals surface area contributed by atoms with Crippen LogP contribution < -0.4 is 10.6 Å². The van der Waals surface area contributed by atoms with Gasteiger partial charge >= 0.3 is 0 Å². The summed E-state index contributed by atoms with van der Waals surface area (Å²) in [6, 6.07) is 3.56. The van der Waals surface area contributed by atoms with E-state index in [1.54, 1.807) is 17.7 Å². The Morgan fingerprint density at radius 2 is 2.10 bits per heavy atom. The molecule has 1 saturated carbocycles. The van der Waals surface area contributed by atoms with Crippen molar-refractivity contribution in [3.8, 4) is 0 Å². The largest absolute Gasteiger partial charge is 0.367 e. The smallest absolute Gasteiger partial charge is 0.138 e. The molecule has 0 unspecified atom stereocenters. The van der Waals surface area contributed by atoms with E-state index in [0.717, 1.165) is 17.2 Å². The minimum Gasteiger partial charge on any atom is -0.367 e. The van der Waals surface area contributed by atoms with E-state index in [2.05, 4.69) is 26.7 Å². The number of thiophene rings is 1. The van der Waals surface area contributed by atoms with Gasteiger partial charge in [-0.15, -0.1) is 11.3 Å². The summed E-state index contributed by atoms with van der Waals surface area (Å²) in [5.74, 6) is 3.51. The standard InChI is InChI=1S/C14H18N4S2/c1-2-9(3-1)18-13-12-4-11(5-15-10-6-19-7-10)20-14(12)17-8-16-13/h4,8-10,15H,1-3,5-7H2,(H,16,17,18). The second-order valence-corrected chi connectivity index (χ2v) is 7.73. The van der Waals surface area contributed by atoms with E-state index in [1.807, 2.05) is 11.8 Å². The number of anilines is 1. The number of rotatable bonds is 5. The van der Waals surface area contributed by atoms with Crippen LogP contribution in [0.1, 0.15) is 24.1 Å². The molecule has 0 aromatic carbocycles. The van der Waals surface area contributed by atoms with Crippen LogP contribution in [-0.2, 0) is 6.54 Å². The Balaban J connectivity index is 1.52. The molecule has 4 rings (SSSR count). The van der Waals surface area contributed by atoms with Crippen molar-refractivity contribution in [2.45, 2.75) is 37.9 Å². The van der Waals surface area contributed by atoms with Gasteiger partial charge in [0, 0.05) is 35.0 Å². The summed E-state index contributed by atoms with van der Waals surface area (Å²) in [5.41, 5.74) is 0. The van der Waals surface area contributed by atoms with Gasteiger partial charge in [0.1, 0.15) is 17.0 Å². The van der Waals surface area contributed by atoms with Gasteiger partial charge in [-0.2, -0.15) is 11.8 Å². The van der Waals surface area contributed by atoms with Crippen LogP contribution in [0.15, 0.2) is 12.4 Å². The topological polar surface area (TPSA) is 49.8 Å². The van der Waals surface area contributed by atoms with Crippen molar-refractivity contribution in [2.75, 3.05) is 16.8 Å². The maximum absolute atomic E-state index is 4.43. The summed E-state index contributed by atoms with van der Waals surface area (Å²) < 4.78 is 0. The van der Waals surface area contributed by atoms with Crippen molar-refractivity contribution in [1.82, 2.24) is 15.3 Å². The molecule has 2 aromatic heterocycles. The molecular weight excluding hydrogens is 288 g/mol. The fraction of sp³-hybridized carbons (Fsp3) is 0.571. The van der Waals surface area contributed by atoms with E-state index >= 15 is 0 Å². The highest BCUT2D eigenvalue weighted by molar-refractivity contribution is 8.00. The molecule has 2 N–H and O–H groups in total. The van der Waals surface area contributed by atoms with E-state index in [0.29, 0.717) is 12.1 Å². The van der Waals surface area contributed by atoms with Gasteiger partial charge in [-0.3, -0.25) is 0 Å². The number of thioether (sulfide) groups is 1. The molecule has 2 aromatic rings. The zero-order valence-corrected chi connectivity index (χ0v) is 12.9. The molecule has 3 heterocycles. The molecule has 4 nitrogen and oxygen atoms in total. The normalized spacial score (nSPS) is 19.8. The molecule has 0 amide bonds. The van der Waals surface area contributed by atoms with Crippen molar-refractivity contribution >= 4 is 39.1 Å².